The van der Waals surface area contributed by atoms with Gasteiger partial charge in [0.2, 0.25) is 5.88 Å². The standard InChI is InChI=1S/C17H20N2O/c1-12-6-2-5-9-16(12)20-17-14(11-18)10-13-7-3-4-8-15(13)19-17/h2,5-6,9-10H,3-4,7-8,11,18H2,1H3. The highest BCUT2D eigenvalue weighted by Gasteiger charge is 2.16. The summed E-state index contributed by atoms with van der Waals surface area (Å²) in [5.74, 6) is 1.52. The summed E-state index contributed by atoms with van der Waals surface area (Å²) in [5, 5.41) is 0. The maximum Gasteiger partial charge on any atom is 0.223 e. The molecular formula is C17H20N2O. The van der Waals surface area contributed by atoms with Crippen molar-refractivity contribution < 1.29 is 4.74 Å². The molecule has 0 amide bonds. The van der Waals surface area contributed by atoms with Crippen LogP contribution < -0.4 is 10.5 Å². The van der Waals surface area contributed by atoms with E-state index in [4.69, 9.17) is 15.5 Å². The first-order chi connectivity index (χ1) is 9.78. The lowest BCUT2D eigenvalue weighted by Gasteiger charge is -2.18. The number of aromatic nitrogens is 1. The maximum atomic E-state index is 6.01. The number of benzene rings is 1. The Morgan fingerprint density at radius 1 is 1.20 bits per heavy atom. The fourth-order valence-electron chi connectivity index (χ4n) is 2.67. The number of hydrogen-bond acceptors (Lipinski definition) is 3. The second-order valence-electron chi connectivity index (χ2n) is 5.34. The van der Waals surface area contributed by atoms with Crippen LogP contribution in [0.2, 0.25) is 0 Å². The summed E-state index contributed by atoms with van der Waals surface area (Å²) < 4.78 is 6.01. The van der Waals surface area contributed by atoms with E-state index >= 15 is 0 Å². The molecule has 0 fully saturated rings. The number of pyridine rings is 1. The predicted molar refractivity (Wildman–Crippen MR) is 80.0 cm³/mol. The maximum absolute atomic E-state index is 6.01. The molecule has 1 aliphatic carbocycles. The zero-order valence-corrected chi connectivity index (χ0v) is 11.9. The minimum atomic E-state index is 0.460. The van der Waals surface area contributed by atoms with Crippen LogP contribution in [0, 0.1) is 6.92 Å². The Balaban J connectivity index is 1.98. The van der Waals surface area contributed by atoms with Crippen LogP contribution >= 0.6 is 0 Å². The Labute approximate surface area is 119 Å². The summed E-state index contributed by atoms with van der Waals surface area (Å²) in [6, 6.07) is 10.2. The third kappa shape index (κ3) is 2.54. The highest BCUT2D eigenvalue weighted by Crippen LogP contribution is 2.30. The topological polar surface area (TPSA) is 48.1 Å². The van der Waals surface area contributed by atoms with Crippen LogP contribution in [0.25, 0.3) is 0 Å². The van der Waals surface area contributed by atoms with Crippen molar-refractivity contribution in [3.63, 3.8) is 0 Å². The summed E-state index contributed by atoms with van der Waals surface area (Å²) in [5.41, 5.74) is 10.5. The van der Waals surface area contributed by atoms with Gasteiger partial charge in [-0.2, -0.15) is 0 Å². The van der Waals surface area contributed by atoms with Gasteiger partial charge in [-0.05, 0) is 55.9 Å². The minimum Gasteiger partial charge on any atom is -0.438 e. The number of hydrogen-bond donors (Lipinski definition) is 1. The van der Waals surface area contributed by atoms with E-state index in [1.54, 1.807) is 0 Å². The number of ether oxygens (including phenoxy) is 1. The first-order valence-corrected chi connectivity index (χ1v) is 7.23. The molecule has 0 saturated carbocycles. The third-order valence-corrected chi connectivity index (χ3v) is 3.86. The number of nitrogens with zero attached hydrogens (tertiary/aromatic N) is 1. The van der Waals surface area contributed by atoms with E-state index in [1.165, 1.54) is 24.1 Å². The van der Waals surface area contributed by atoms with Gasteiger partial charge in [-0.15, -0.1) is 0 Å². The van der Waals surface area contributed by atoms with Gasteiger partial charge in [0.25, 0.3) is 0 Å². The number of para-hydroxylation sites is 1. The van der Waals surface area contributed by atoms with E-state index in [2.05, 4.69) is 6.07 Å². The lowest BCUT2D eigenvalue weighted by Crippen LogP contribution is -2.10. The van der Waals surface area contributed by atoms with Gasteiger partial charge in [0, 0.05) is 17.8 Å². The van der Waals surface area contributed by atoms with Crippen LogP contribution in [0.4, 0.5) is 0 Å². The van der Waals surface area contributed by atoms with Crippen LogP contribution in [-0.2, 0) is 19.4 Å². The van der Waals surface area contributed by atoms with Crippen LogP contribution in [0.3, 0.4) is 0 Å². The molecule has 1 aromatic heterocycles. The lowest BCUT2D eigenvalue weighted by molar-refractivity contribution is 0.448. The van der Waals surface area contributed by atoms with E-state index in [0.717, 1.165) is 29.7 Å². The van der Waals surface area contributed by atoms with Crippen molar-refractivity contribution in [2.45, 2.75) is 39.2 Å². The molecule has 0 spiro atoms. The van der Waals surface area contributed by atoms with Crippen molar-refractivity contribution in [3.05, 3.63) is 52.7 Å². The van der Waals surface area contributed by atoms with Crippen molar-refractivity contribution in [3.8, 4) is 11.6 Å². The van der Waals surface area contributed by atoms with Crippen LogP contribution in [-0.4, -0.2) is 4.98 Å². The molecule has 1 aromatic carbocycles. The van der Waals surface area contributed by atoms with Gasteiger partial charge in [0.1, 0.15) is 5.75 Å². The first-order valence-electron chi connectivity index (χ1n) is 7.23. The van der Waals surface area contributed by atoms with E-state index < -0.39 is 0 Å². The average Bonchev–Trinajstić information content (AvgIpc) is 2.49. The molecule has 0 bridgehead atoms. The average molecular weight is 268 g/mol. The third-order valence-electron chi connectivity index (χ3n) is 3.86. The number of rotatable bonds is 3. The van der Waals surface area contributed by atoms with Crippen LogP contribution in [0.5, 0.6) is 11.6 Å². The van der Waals surface area contributed by atoms with Gasteiger partial charge < -0.3 is 10.5 Å². The molecule has 3 rings (SSSR count). The zero-order chi connectivity index (χ0) is 13.9. The lowest BCUT2D eigenvalue weighted by atomic mass is 9.95. The van der Waals surface area contributed by atoms with Crippen LogP contribution in [0.1, 0.15) is 35.2 Å². The molecule has 2 N–H and O–H groups in total. The Kier molecular flexibility index (Phi) is 3.70. The monoisotopic (exact) mass is 268 g/mol. The second-order valence-corrected chi connectivity index (χ2v) is 5.34. The summed E-state index contributed by atoms with van der Waals surface area (Å²) in [4.78, 5) is 4.72. The van der Waals surface area contributed by atoms with Crippen molar-refractivity contribution in [1.82, 2.24) is 4.98 Å². The molecular weight excluding hydrogens is 248 g/mol. The van der Waals surface area contributed by atoms with Gasteiger partial charge in [0.15, 0.2) is 0 Å². The smallest absolute Gasteiger partial charge is 0.223 e. The van der Waals surface area contributed by atoms with E-state index in [1.807, 2.05) is 31.2 Å². The van der Waals surface area contributed by atoms with Gasteiger partial charge in [-0.25, -0.2) is 4.98 Å². The van der Waals surface area contributed by atoms with Gasteiger partial charge in [-0.1, -0.05) is 18.2 Å². The van der Waals surface area contributed by atoms with Crippen LogP contribution in [0.15, 0.2) is 30.3 Å². The van der Waals surface area contributed by atoms with E-state index in [0.29, 0.717) is 12.4 Å². The molecule has 0 unspecified atom stereocenters. The van der Waals surface area contributed by atoms with Gasteiger partial charge in [0.05, 0.1) is 0 Å². The van der Waals surface area contributed by atoms with Gasteiger partial charge >= 0.3 is 0 Å². The quantitative estimate of drug-likeness (QED) is 0.926. The van der Waals surface area contributed by atoms with Crippen molar-refractivity contribution in [2.75, 3.05) is 0 Å². The summed E-state index contributed by atoms with van der Waals surface area (Å²) in [6.07, 6.45) is 4.62. The Morgan fingerprint density at radius 2 is 2.00 bits per heavy atom. The zero-order valence-electron chi connectivity index (χ0n) is 11.9. The Hall–Kier alpha value is -1.87. The normalized spacial score (nSPS) is 13.9. The molecule has 0 saturated heterocycles. The van der Waals surface area contributed by atoms with Crippen molar-refractivity contribution >= 4 is 0 Å². The van der Waals surface area contributed by atoms with Crippen molar-refractivity contribution in [1.29, 1.82) is 0 Å². The molecule has 0 atom stereocenters. The number of nitrogens with two attached hydrogens (primary N) is 1. The predicted octanol–water partition coefficient (Wildman–Crippen LogP) is 3.52. The largest absolute Gasteiger partial charge is 0.438 e. The summed E-state index contributed by atoms with van der Waals surface area (Å²) in [7, 11) is 0. The molecule has 1 aliphatic rings. The van der Waals surface area contributed by atoms with Crippen molar-refractivity contribution in [2.24, 2.45) is 5.73 Å². The van der Waals surface area contributed by atoms with E-state index in [-0.39, 0.29) is 0 Å². The number of aryl methyl sites for hydroxylation is 3. The Bertz CT molecular complexity index is 622. The van der Waals surface area contributed by atoms with Gasteiger partial charge in [-0.3, -0.25) is 0 Å². The fraction of sp³-hybridized carbons (Fsp3) is 0.353. The molecule has 2 aromatic rings. The van der Waals surface area contributed by atoms with E-state index in [9.17, 15) is 0 Å². The molecule has 1 heterocycles. The summed E-state index contributed by atoms with van der Waals surface area (Å²) in [6.45, 7) is 2.50. The summed E-state index contributed by atoms with van der Waals surface area (Å²) >= 11 is 0. The highest BCUT2D eigenvalue weighted by atomic mass is 16.5. The molecule has 3 nitrogen and oxygen atoms in total. The minimum absolute atomic E-state index is 0.460. The first kappa shape index (κ1) is 13.1. The fourth-order valence-corrected chi connectivity index (χ4v) is 2.67. The molecule has 104 valence electrons. The molecule has 0 aliphatic heterocycles. The number of fused-ring (bicyclic) bond motifs is 1. The SMILES string of the molecule is Cc1ccccc1Oc1nc2c(cc1CN)CCCC2. The molecule has 3 heteroatoms. The highest BCUT2D eigenvalue weighted by molar-refractivity contribution is 5.40. The Morgan fingerprint density at radius 3 is 2.80 bits per heavy atom. The molecule has 0 radical (unpaired) electrons. The second kappa shape index (κ2) is 5.63. The molecule has 20 heavy (non-hydrogen) atoms.